The summed E-state index contributed by atoms with van der Waals surface area (Å²) in [6, 6.07) is -1.21. The number of fused-ring (bicyclic) bond motifs is 1. The number of rotatable bonds is 8. The number of nitrogens with zero attached hydrogens (tertiary/aromatic N) is 6. The van der Waals surface area contributed by atoms with E-state index in [1.807, 2.05) is 6.92 Å². The molecule has 0 saturated carbocycles. The quantitative estimate of drug-likeness (QED) is 0.371. The van der Waals surface area contributed by atoms with Gasteiger partial charge in [0.2, 0.25) is 17.7 Å². The van der Waals surface area contributed by atoms with Crippen molar-refractivity contribution in [3.05, 3.63) is 16.9 Å². The number of carboxylic acid groups (broad SMARTS) is 1. The van der Waals surface area contributed by atoms with Crippen molar-refractivity contribution in [2.24, 2.45) is 11.8 Å². The van der Waals surface area contributed by atoms with E-state index in [2.05, 4.69) is 26.2 Å². The van der Waals surface area contributed by atoms with Crippen LogP contribution in [-0.4, -0.2) is 103 Å². The molecule has 4 heterocycles. The number of β-lactam (4-membered cyclic amide) rings is 1. The highest BCUT2D eigenvalue weighted by Gasteiger charge is 2.60. The van der Waals surface area contributed by atoms with E-state index in [1.165, 1.54) is 32.6 Å². The summed E-state index contributed by atoms with van der Waals surface area (Å²) in [6.07, 6.45) is 1.92. The van der Waals surface area contributed by atoms with E-state index < -0.39 is 23.5 Å². The van der Waals surface area contributed by atoms with E-state index >= 15 is 0 Å². The van der Waals surface area contributed by atoms with Crippen LogP contribution in [0.1, 0.15) is 34.1 Å². The second-order valence-corrected chi connectivity index (χ2v) is 11.6. The molecule has 3 N–H and O–H groups in total. The summed E-state index contributed by atoms with van der Waals surface area (Å²) in [5, 5.41) is 27.1. The lowest BCUT2D eigenvalue weighted by Crippen LogP contribution is -2.67. The Labute approximate surface area is 213 Å². The molecule has 0 aliphatic carbocycles. The second-order valence-electron chi connectivity index (χ2n) is 10.3. The van der Waals surface area contributed by atoms with Gasteiger partial charge in [0.25, 0.3) is 0 Å². The van der Waals surface area contributed by atoms with E-state index in [1.54, 1.807) is 34.9 Å². The van der Waals surface area contributed by atoms with Crippen LogP contribution < -0.4 is 10.6 Å². The minimum Gasteiger partial charge on any atom is -0.477 e. The molecule has 13 nitrogen and oxygen atoms in total. The maximum absolute atomic E-state index is 13.2. The van der Waals surface area contributed by atoms with E-state index in [0.29, 0.717) is 17.9 Å². The van der Waals surface area contributed by atoms with Gasteiger partial charge in [0.15, 0.2) is 0 Å². The molecule has 3 aliphatic rings. The number of hydrogen-bond acceptors (Lipinski definition) is 9. The molecule has 2 fully saturated rings. The van der Waals surface area contributed by atoms with Crippen molar-refractivity contribution in [1.29, 1.82) is 0 Å². The molecule has 0 aromatic carbocycles. The van der Waals surface area contributed by atoms with Crippen LogP contribution in [0.15, 0.2) is 16.9 Å². The van der Waals surface area contributed by atoms with E-state index in [0.717, 1.165) is 0 Å². The zero-order valence-electron chi connectivity index (χ0n) is 21.1. The Kier molecular flexibility index (Phi) is 6.86. The number of amides is 3. The highest BCUT2D eigenvalue weighted by atomic mass is 32.2. The number of tetrazole rings is 1. The van der Waals surface area contributed by atoms with Crippen molar-refractivity contribution >= 4 is 35.5 Å². The van der Waals surface area contributed by atoms with E-state index in [-0.39, 0.29) is 46.7 Å². The van der Waals surface area contributed by atoms with Crippen LogP contribution in [0.5, 0.6) is 0 Å². The van der Waals surface area contributed by atoms with Crippen molar-refractivity contribution in [3.8, 4) is 0 Å². The fourth-order valence-electron chi connectivity index (χ4n) is 5.16. The lowest BCUT2D eigenvalue weighted by molar-refractivity contribution is -0.158. The second kappa shape index (κ2) is 9.47. The van der Waals surface area contributed by atoms with Gasteiger partial charge in [-0.1, -0.05) is 6.92 Å². The van der Waals surface area contributed by atoms with Gasteiger partial charge in [-0.05, 0) is 37.6 Å². The summed E-state index contributed by atoms with van der Waals surface area (Å²) in [5.41, 5.74) is -1.07. The molecule has 1 unspecified atom stereocenters. The molecule has 1 aromatic heterocycles. The van der Waals surface area contributed by atoms with Crippen LogP contribution >= 0.6 is 11.8 Å². The van der Waals surface area contributed by atoms with Crippen LogP contribution in [0.2, 0.25) is 0 Å². The Morgan fingerprint density at radius 1 is 1.33 bits per heavy atom. The van der Waals surface area contributed by atoms with Gasteiger partial charge in [0.05, 0.1) is 18.0 Å². The summed E-state index contributed by atoms with van der Waals surface area (Å²) in [7, 11) is 3.41. The molecule has 4 rings (SSSR count). The topological polar surface area (TPSA) is 163 Å². The number of carbonyl (C=O) groups is 4. The van der Waals surface area contributed by atoms with E-state index in [4.69, 9.17) is 0 Å². The Bertz CT molecular complexity index is 1100. The molecule has 1 aromatic rings. The first-order valence-electron chi connectivity index (χ1n) is 11.8. The number of carbonyl (C=O) groups excluding carboxylic acids is 3. The maximum Gasteiger partial charge on any atom is 0.353 e. The Balaban J connectivity index is 1.47. The highest BCUT2D eigenvalue weighted by molar-refractivity contribution is 8.03. The van der Waals surface area contributed by atoms with Crippen LogP contribution in [0, 0.1) is 11.8 Å². The van der Waals surface area contributed by atoms with Crippen molar-refractivity contribution in [2.45, 2.75) is 63.0 Å². The number of nitrogens with one attached hydrogen (secondary N) is 2. The number of aromatic nitrogens is 4. The van der Waals surface area contributed by atoms with Gasteiger partial charge in [-0.15, -0.1) is 16.9 Å². The van der Waals surface area contributed by atoms with Crippen molar-refractivity contribution in [2.75, 3.05) is 20.6 Å². The monoisotopic (exact) mass is 520 g/mol. The number of hydrogen-bond donors (Lipinski definition) is 3. The zero-order chi connectivity index (χ0) is 26.5. The lowest BCUT2D eigenvalue weighted by atomic mass is 9.77. The average Bonchev–Trinajstić information content (AvgIpc) is 3.54. The molecule has 14 heteroatoms. The molecule has 3 amide bonds. The summed E-state index contributed by atoms with van der Waals surface area (Å²) in [6.45, 7) is 7.57. The molecule has 0 radical (unpaired) electrons. The first-order valence-corrected chi connectivity index (χ1v) is 12.7. The summed E-state index contributed by atoms with van der Waals surface area (Å²) >= 11 is 1.43. The molecule has 6 atom stereocenters. The first kappa shape index (κ1) is 26.1. The van der Waals surface area contributed by atoms with Crippen LogP contribution in [0.4, 0.5) is 0 Å². The van der Waals surface area contributed by atoms with Gasteiger partial charge in [0, 0.05) is 42.8 Å². The number of likely N-dealkylation sites (N-methyl/N-ethyl adjacent to an activating group) is 1. The standard InChI is InChI=1S/C22H32N8O5S/c1-10-15-14(11(2)25-21(35)22(3,4)29-9-24-26-27-29)19(32)30(15)16(20(33)34)17(10)36-12-7-13(23-8-12)18(31)28(5)6/h9-15,23H,7-8H2,1-6H3,(H,25,35)(H,33,34)/t10-,11?,12+,13+,14-,15-/m1/s1. The number of carboxylic acids is 1. The van der Waals surface area contributed by atoms with Crippen molar-refractivity contribution in [3.63, 3.8) is 0 Å². The van der Waals surface area contributed by atoms with Gasteiger partial charge in [0.1, 0.15) is 17.6 Å². The Morgan fingerprint density at radius 3 is 2.61 bits per heavy atom. The third-order valence-corrected chi connectivity index (χ3v) is 8.80. The normalized spacial score (nSPS) is 28.6. The van der Waals surface area contributed by atoms with Crippen LogP contribution in [-0.2, 0) is 24.7 Å². The molecule has 3 aliphatic heterocycles. The minimum atomic E-state index is -1.15. The molecule has 0 spiro atoms. The van der Waals surface area contributed by atoms with Crippen LogP contribution in [0.25, 0.3) is 0 Å². The summed E-state index contributed by atoms with van der Waals surface area (Å²) in [4.78, 5) is 54.2. The zero-order valence-corrected chi connectivity index (χ0v) is 21.9. The predicted octanol–water partition coefficient (Wildman–Crippen LogP) is -0.762. The van der Waals surface area contributed by atoms with Crippen molar-refractivity contribution in [1.82, 2.24) is 40.6 Å². The van der Waals surface area contributed by atoms with E-state index in [9.17, 15) is 24.3 Å². The maximum atomic E-state index is 13.2. The van der Waals surface area contributed by atoms with Gasteiger partial charge in [-0.3, -0.25) is 14.4 Å². The smallest absolute Gasteiger partial charge is 0.353 e. The predicted molar refractivity (Wildman–Crippen MR) is 129 cm³/mol. The SMILES string of the molecule is CC(NC(=O)C(C)(C)n1cnnn1)[C@H]1C(=O)N2C(C(=O)O)=C(S[C@@H]3CN[C@H](C(=O)N(C)C)C3)[C@H](C)[C@H]12. The first-order chi connectivity index (χ1) is 16.9. The van der Waals surface area contributed by atoms with Crippen LogP contribution in [0.3, 0.4) is 0 Å². The van der Waals surface area contributed by atoms with Gasteiger partial charge in [-0.25, -0.2) is 9.48 Å². The molecule has 0 bridgehead atoms. The lowest BCUT2D eigenvalue weighted by Gasteiger charge is -2.48. The van der Waals surface area contributed by atoms with Gasteiger partial charge in [-0.2, -0.15) is 0 Å². The fraction of sp³-hybridized carbons (Fsp3) is 0.682. The third-order valence-electron chi connectivity index (χ3n) is 7.29. The number of thioether (sulfide) groups is 1. The minimum absolute atomic E-state index is 0.00664. The molecule has 196 valence electrons. The van der Waals surface area contributed by atoms with Crippen molar-refractivity contribution < 1.29 is 24.3 Å². The fourth-order valence-corrected chi connectivity index (χ4v) is 6.64. The van der Waals surface area contributed by atoms with Gasteiger partial charge >= 0.3 is 5.97 Å². The molecule has 2 saturated heterocycles. The van der Waals surface area contributed by atoms with Gasteiger partial charge < -0.3 is 25.5 Å². The Morgan fingerprint density at radius 2 is 2.03 bits per heavy atom. The molecular formula is C22H32N8O5S. The summed E-state index contributed by atoms with van der Waals surface area (Å²) in [5.74, 6) is -2.63. The highest BCUT2D eigenvalue weighted by Crippen LogP contribution is 2.51. The third kappa shape index (κ3) is 4.25. The average molecular weight is 521 g/mol. The molecule has 36 heavy (non-hydrogen) atoms. The Hall–Kier alpha value is -3.00. The largest absolute Gasteiger partial charge is 0.477 e. The molecular weight excluding hydrogens is 488 g/mol. The number of aliphatic carboxylic acids is 1. The summed E-state index contributed by atoms with van der Waals surface area (Å²) < 4.78 is 1.34.